The normalized spacial score (nSPS) is 10.9. The molecule has 0 aliphatic rings. The molecule has 0 aliphatic carbocycles. The zero-order chi connectivity index (χ0) is 12.6. The van der Waals surface area contributed by atoms with Gasteiger partial charge in [0.15, 0.2) is 0 Å². The molecule has 0 rings (SSSR count). The zero-order valence-electron chi connectivity index (χ0n) is 11.2. The van der Waals surface area contributed by atoms with Gasteiger partial charge in [0, 0.05) is 26.3 Å². The van der Waals surface area contributed by atoms with Crippen molar-refractivity contribution in [3.05, 3.63) is 0 Å². The van der Waals surface area contributed by atoms with Crippen LogP contribution in [0.25, 0.3) is 0 Å². The Labute approximate surface area is 105 Å². The summed E-state index contributed by atoms with van der Waals surface area (Å²) in [7, 11) is 0. The lowest BCUT2D eigenvalue weighted by Crippen LogP contribution is -2.19. The highest BCUT2D eigenvalue weighted by Gasteiger charge is 1.92. The molecule has 0 unspecified atom stereocenters. The fraction of sp³-hybridized carbons (Fsp3) is 1.00. The van der Waals surface area contributed by atoms with Crippen molar-refractivity contribution in [2.45, 2.75) is 13.8 Å². The van der Waals surface area contributed by atoms with Crippen LogP contribution in [0.4, 0.5) is 0 Å². The molecule has 5 heteroatoms. The minimum absolute atomic E-state index is 0.647. The first-order chi connectivity index (χ1) is 8.41. The Balaban J connectivity index is 2.85. The number of nitrogens with zero attached hydrogens (tertiary/aromatic N) is 1. The first kappa shape index (κ1) is 16.8. The molecule has 5 nitrogen and oxygen atoms in total. The van der Waals surface area contributed by atoms with Gasteiger partial charge in [0.1, 0.15) is 0 Å². The highest BCUT2D eigenvalue weighted by atomic mass is 16.5. The van der Waals surface area contributed by atoms with Gasteiger partial charge < -0.3 is 18.9 Å². The lowest BCUT2D eigenvalue weighted by molar-refractivity contribution is 0.0471. The summed E-state index contributed by atoms with van der Waals surface area (Å²) in [6, 6.07) is 0. The molecule has 0 aromatic rings. The summed E-state index contributed by atoms with van der Waals surface area (Å²) in [5, 5.41) is 4.28. The molecular weight excluding hydrogens is 222 g/mol. The average molecular weight is 248 g/mol. The van der Waals surface area contributed by atoms with Crippen LogP contribution in [-0.2, 0) is 18.9 Å². The van der Waals surface area contributed by atoms with E-state index < -0.39 is 0 Å². The topological polar surface area (TPSA) is 51.0 Å². The van der Waals surface area contributed by atoms with E-state index in [-0.39, 0.29) is 0 Å². The molecule has 0 fully saturated rings. The summed E-state index contributed by atoms with van der Waals surface area (Å²) in [5.41, 5.74) is 0. The van der Waals surface area contributed by atoms with E-state index in [1.165, 1.54) is 0 Å². The molecule has 0 aliphatic heterocycles. The van der Waals surface area contributed by atoms with E-state index in [1.54, 1.807) is 0 Å². The molecule has 103 valence electrons. The smallest absolute Gasteiger partial charge is 0.0701 e. The fourth-order valence-corrected chi connectivity index (χ4v) is 1.10. The van der Waals surface area contributed by atoms with Gasteiger partial charge in [-0.2, -0.15) is 0 Å². The second-order valence-electron chi connectivity index (χ2n) is 3.29. The average Bonchev–Trinajstić information content (AvgIpc) is 2.35. The van der Waals surface area contributed by atoms with Crippen molar-refractivity contribution < 1.29 is 18.9 Å². The van der Waals surface area contributed by atoms with Gasteiger partial charge in [0.25, 0.3) is 0 Å². The van der Waals surface area contributed by atoms with E-state index in [0.29, 0.717) is 39.6 Å². The molecule has 0 amide bonds. The Morgan fingerprint density at radius 1 is 0.588 bits per heavy atom. The van der Waals surface area contributed by atoms with Crippen molar-refractivity contribution in [2.24, 2.45) is 0 Å². The lowest BCUT2D eigenvalue weighted by Gasteiger charge is -2.06. The summed E-state index contributed by atoms with van der Waals surface area (Å²) in [6.07, 6.45) is 0. The Bertz CT molecular complexity index is 122. The van der Waals surface area contributed by atoms with Crippen LogP contribution < -0.4 is 5.32 Å². The van der Waals surface area contributed by atoms with E-state index in [2.05, 4.69) is 5.32 Å². The molecule has 0 spiro atoms. The van der Waals surface area contributed by atoms with Gasteiger partial charge in [0.2, 0.25) is 0 Å². The maximum atomic E-state index is 5.32. The fourth-order valence-electron chi connectivity index (χ4n) is 1.10. The van der Waals surface area contributed by atoms with Crippen LogP contribution in [0.5, 0.6) is 0 Å². The molecule has 0 aromatic carbocycles. The van der Waals surface area contributed by atoms with E-state index in [1.807, 2.05) is 13.8 Å². The summed E-state index contributed by atoms with van der Waals surface area (Å²) in [4.78, 5) is 0. The van der Waals surface area contributed by atoms with Gasteiger partial charge in [0.05, 0.1) is 39.6 Å². The van der Waals surface area contributed by atoms with Crippen LogP contribution in [0.1, 0.15) is 13.8 Å². The van der Waals surface area contributed by atoms with Crippen molar-refractivity contribution in [2.75, 3.05) is 65.9 Å². The van der Waals surface area contributed by atoms with Gasteiger partial charge in [-0.15, -0.1) is 0 Å². The molecular formula is C12H26NO4. The third-order valence-electron chi connectivity index (χ3n) is 1.94. The van der Waals surface area contributed by atoms with Crippen molar-refractivity contribution >= 4 is 0 Å². The third-order valence-corrected chi connectivity index (χ3v) is 1.94. The van der Waals surface area contributed by atoms with Gasteiger partial charge >= 0.3 is 0 Å². The summed E-state index contributed by atoms with van der Waals surface area (Å²) < 4.78 is 20.9. The molecule has 0 saturated carbocycles. The van der Waals surface area contributed by atoms with Crippen LogP contribution in [-0.4, -0.2) is 65.9 Å². The Hall–Kier alpha value is -0.200. The molecule has 0 aromatic heterocycles. The lowest BCUT2D eigenvalue weighted by atomic mass is 10.6. The standard InChI is InChI=1S/C12H26NO4/c1-3-14-9-11-16-7-5-13-6-8-17-12-10-15-4-2/h3-12H2,1-2H3. The number of hydrogen-bond donors (Lipinski definition) is 0. The maximum Gasteiger partial charge on any atom is 0.0701 e. The van der Waals surface area contributed by atoms with Crippen LogP contribution in [0, 0.1) is 0 Å². The second kappa shape index (κ2) is 15.8. The van der Waals surface area contributed by atoms with Crippen molar-refractivity contribution in [1.82, 2.24) is 5.32 Å². The Morgan fingerprint density at radius 3 is 1.41 bits per heavy atom. The van der Waals surface area contributed by atoms with Gasteiger partial charge in [-0.05, 0) is 13.8 Å². The van der Waals surface area contributed by atoms with Crippen LogP contribution >= 0.6 is 0 Å². The molecule has 0 saturated heterocycles. The molecule has 1 radical (unpaired) electrons. The minimum atomic E-state index is 0.647. The SMILES string of the molecule is CCOCCOCC[N]CCOCCOCC. The molecule has 0 heterocycles. The monoisotopic (exact) mass is 248 g/mol. The second-order valence-corrected chi connectivity index (χ2v) is 3.29. The van der Waals surface area contributed by atoms with Gasteiger partial charge in [-0.1, -0.05) is 0 Å². The van der Waals surface area contributed by atoms with E-state index in [4.69, 9.17) is 18.9 Å². The third kappa shape index (κ3) is 15.8. The number of ether oxygens (including phenoxy) is 4. The molecule has 0 N–H and O–H groups in total. The van der Waals surface area contributed by atoms with Gasteiger partial charge in [-0.3, -0.25) is 0 Å². The predicted molar refractivity (Wildman–Crippen MR) is 66.5 cm³/mol. The van der Waals surface area contributed by atoms with Gasteiger partial charge in [-0.25, -0.2) is 5.32 Å². The maximum absolute atomic E-state index is 5.32. The summed E-state index contributed by atoms with van der Waals surface area (Å²) in [5.74, 6) is 0. The molecule has 0 atom stereocenters. The van der Waals surface area contributed by atoms with E-state index in [9.17, 15) is 0 Å². The van der Waals surface area contributed by atoms with Crippen LogP contribution in [0.15, 0.2) is 0 Å². The Kier molecular flexibility index (Phi) is 15.6. The largest absolute Gasteiger partial charge is 0.379 e. The first-order valence-corrected chi connectivity index (χ1v) is 6.36. The quantitative estimate of drug-likeness (QED) is 0.425. The number of hydrogen-bond acceptors (Lipinski definition) is 4. The minimum Gasteiger partial charge on any atom is -0.379 e. The van der Waals surface area contributed by atoms with E-state index >= 15 is 0 Å². The predicted octanol–water partition coefficient (Wildman–Crippen LogP) is 0.697. The molecule has 0 bridgehead atoms. The van der Waals surface area contributed by atoms with Crippen LogP contribution in [0.2, 0.25) is 0 Å². The van der Waals surface area contributed by atoms with E-state index in [0.717, 1.165) is 26.3 Å². The Morgan fingerprint density at radius 2 is 1.00 bits per heavy atom. The number of rotatable bonds is 14. The van der Waals surface area contributed by atoms with Crippen molar-refractivity contribution in [3.8, 4) is 0 Å². The van der Waals surface area contributed by atoms with Crippen LogP contribution in [0.3, 0.4) is 0 Å². The van der Waals surface area contributed by atoms with Crippen molar-refractivity contribution in [3.63, 3.8) is 0 Å². The highest BCUT2D eigenvalue weighted by molar-refractivity contribution is 4.44. The summed E-state index contributed by atoms with van der Waals surface area (Å²) in [6.45, 7) is 10.8. The highest BCUT2D eigenvalue weighted by Crippen LogP contribution is 1.80. The summed E-state index contributed by atoms with van der Waals surface area (Å²) >= 11 is 0. The first-order valence-electron chi connectivity index (χ1n) is 6.36. The zero-order valence-corrected chi connectivity index (χ0v) is 11.2. The molecule has 17 heavy (non-hydrogen) atoms. The van der Waals surface area contributed by atoms with Crippen molar-refractivity contribution in [1.29, 1.82) is 0 Å².